The highest BCUT2D eigenvalue weighted by atomic mass is 79.9. The maximum absolute atomic E-state index is 12.3. The van der Waals surface area contributed by atoms with Crippen LogP contribution in [-0.4, -0.2) is 18.1 Å². The van der Waals surface area contributed by atoms with Crippen molar-refractivity contribution in [2.45, 2.75) is 6.92 Å². The third kappa shape index (κ3) is 4.05. The van der Waals surface area contributed by atoms with Gasteiger partial charge in [0.15, 0.2) is 5.11 Å². The second-order valence-electron chi connectivity index (χ2n) is 4.57. The molecule has 0 aromatic heterocycles. The van der Waals surface area contributed by atoms with Gasteiger partial charge in [0.2, 0.25) is 0 Å². The van der Waals surface area contributed by atoms with E-state index < -0.39 is 0 Å². The van der Waals surface area contributed by atoms with Crippen LogP contribution in [0.4, 0.5) is 5.69 Å². The maximum atomic E-state index is 12.3. The summed E-state index contributed by atoms with van der Waals surface area (Å²) >= 11 is 8.53. The highest BCUT2D eigenvalue weighted by Gasteiger charge is 2.14. The summed E-state index contributed by atoms with van der Waals surface area (Å²) in [5.74, 6) is 0.156. The van der Waals surface area contributed by atoms with Gasteiger partial charge in [-0.15, -0.1) is 0 Å². The first-order valence-corrected chi connectivity index (χ1v) is 7.73. The number of ether oxygens (including phenoxy) is 1. The van der Waals surface area contributed by atoms with E-state index in [0.29, 0.717) is 11.3 Å². The molecule has 0 radical (unpaired) electrons. The summed E-state index contributed by atoms with van der Waals surface area (Å²) in [5, 5.41) is 5.90. The molecule has 0 atom stereocenters. The molecule has 2 N–H and O–H groups in total. The van der Waals surface area contributed by atoms with E-state index in [1.165, 1.54) is 7.11 Å². The Morgan fingerprint density at radius 2 is 1.95 bits per heavy atom. The number of carbonyl (C=O) groups excluding carboxylic acids is 1. The molecule has 0 aliphatic rings. The normalized spacial score (nSPS) is 9.95. The van der Waals surface area contributed by atoms with Gasteiger partial charge in [-0.1, -0.05) is 34.1 Å². The number of nitrogens with one attached hydrogen (secondary N) is 2. The predicted molar refractivity (Wildman–Crippen MR) is 95.6 cm³/mol. The minimum absolute atomic E-state index is 0.237. The number of hydrogen-bond acceptors (Lipinski definition) is 3. The highest BCUT2D eigenvalue weighted by Crippen LogP contribution is 2.23. The fraction of sp³-hybridized carbons (Fsp3) is 0.125. The number of amides is 1. The Hall–Kier alpha value is -1.92. The number of para-hydroxylation sites is 1. The molecule has 0 fully saturated rings. The first kappa shape index (κ1) is 16.5. The van der Waals surface area contributed by atoms with Gasteiger partial charge in [-0.05, 0) is 49.0 Å². The number of aryl methyl sites for hydroxylation is 1. The molecule has 4 nitrogen and oxygen atoms in total. The molecule has 0 saturated carbocycles. The molecular formula is C16H15BrN2O2S. The zero-order valence-corrected chi connectivity index (χ0v) is 14.5. The molecule has 2 aromatic carbocycles. The van der Waals surface area contributed by atoms with Gasteiger partial charge >= 0.3 is 0 Å². The minimum atomic E-state index is -0.329. The largest absolute Gasteiger partial charge is 0.496 e. The van der Waals surface area contributed by atoms with Crippen LogP contribution in [0.25, 0.3) is 0 Å². The van der Waals surface area contributed by atoms with Crippen molar-refractivity contribution in [3.8, 4) is 5.75 Å². The van der Waals surface area contributed by atoms with Gasteiger partial charge in [-0.2, -0.15) is 0 Å². The summed E-state index contributed by atoms with van der Waals surface area (Å²) < 4.78 is 5.98. The van der Waals surface area contributed by atoms with Gasteiger partial charge in [0.05, 0.1) is 12.7 Å². The third-order valence-electron chi connectivity index (χ3n) is 3.03. The molecule has 0 bridgehead atoms. The lowest BCUT2D eigenvalue weighted by Crippen LogP contribution is -2.34. The van der Waals surface area contributed by atoms with E-state index in [4.69, 9.17) is 17.0 Å². The van der Waals surface area contributed by atoms with Crippen molar-refractivity contribution in [1.82, 2.24) is 5.32 Å². The summed E-state index contributed by atoms with van der Waals surface area (Å²) in [4.78, 5) is 12.3. The molecule has 2 rings (SSSR count). The van der Waals surface area contributed by atoms with Crippen molar-refractivity contribution < 1.29 is 9.53 Å². The number of methoxy groups -OCH3 is 1. The quantitative estimate of drug-likeness (QED) is 0.795. The minimum Gasteiger partial charge on any atom is -0.496 e. The highest BCUT2D eigenvalue weighted by molar-refractivity contribution is 9.10. The van der Waals surface area contributed by atoms with Crippen LogP contribution in [-0.2, 0) is 0 Å². The van der Waals surface area contributed by atoms with Crippen LogP contribution < -0.4 is 15.4 Å². The van der Waals surface area contributed by atoms with Crippen LogP contribution in [0.3, 0.4) is 0 Å². The van der Waals surface area contributed by atoms with Crippen LogP contribution >= 0.6 is 28.1 Å². The molecule has 2 aromatic rings. The molecule has 114 valence electrons. The van der Waals surface area contributed by atoms with Gasteiger partial charge < -0.3 is 10.1 Å². The zero-order valence-electron chi connectivity index (χ0n) is 12.1. The molecule has 0 heterocycles. The number of halogens is 1. The van der Waals surface area contributed by atoms with E-state index in [2.05, 4.69) is 26.6 Å². The van der Waals surface area contributed by atoms with Gasteiger partial charge in [-0.25, -0.2) is 0 Å². The molecule has 0 aliphatic heterocycles. The number of benzene rings is 2. The van der Waals surface area contributed by atoms with E-state index in [9.17, 15) is 4.79 Å². The van der Waals surface area contributed by atoms with Crippen LogP contribution in [0.2, 0.25) is 0 Å². The van der Waals surface area contributed by atoms with Crippen molar-refractivity contribution in [3.63, 3.8) is 0 Å². The van der Waals surface area contributed by atoms with Crippen LogP contribution in [0.15, 0.2) is 46.9 Å². The van der Waals surface area contributed by atoms with E-state index >= 15 is 0 Å². The number of hydrogen-bond donors (Lipinski definition) is 2. The summed E-state index contributed by atoms with van der Waals surface area (Å²) in [6.45, 7) is 1.96. The molecule has 6 heteroatoms. The van der Waals surface area contributed by atoms with E-state index in [1.807, 2.05) is 31.2 Å². The number of thiocarbonyl (C=S) groups is 1. The first-order valence-electron chi connectivity index (χ1n) is 6.52. The van der Waals surface area contributed by atoms with Gasteiger partial charge in [-0.3, -0.25) is 10.1 Å². The summed E-state index contributed by atoms with van der Waals surface area (Å²) in [5.41, 5.74) is 2.30. The van der Waals surface area contributed by atoms with Crippen molar-refractivity contribution in [2.75, 3.05) is 12.4 Å². The van der Waals surface area contributed by atoms with Gasteiger partial charge in [0.25, 0.3) is 5.91 Å². The van der Waals surface area contributed by atoms with Crippen molar-refractivity contribution >= 4 is 44.9 Å². The maximum Gasteiger partial charge on any atom is 0.261 e. The Kier molecular flexibility index (Phi) is 5.51. The lowest BCUT2D eigenvalue weighted by molar-refractivity contribution is 0.0974. The van der Waals surface area contributed by atoms with Gasteiger partial charge in [0, 0.05) is 10.2 Å². The Morgan fingerprint density at radius 3 is 2.64 bits per heavy atom. The van der Waals surface area contributed by atoms with Gasteiger partial charge in [0.1, 0.15) is 5.75 Å². The average Bonchev–Trinajstić information content (AvgIpc) is 2.49. The first-order chi connectivity index (χ1) is 10.5. The molecule has 1 amide bonds. The Morgan fingerprint density at radius 1 is 1.23 bits per heavy atom. The molecule has 22 heavy (non-hydrogen) atoms. The van der Waals surface area contributed by atoms with Crippen LogP contribution in [0, 0.1) is 6.92 Å². The number of anilines is 1. The standard InChI is InChI=1S/C16H15BrN2O2S/c1-10-5-3-4-6-13(10)18-16(22)19-15(20)12-9-11(17)7-8-14(12)21-2/h3-9H,1-2H3,(H2,18,19,20,22). The fourth-order valence-corrected chi connectivity index (χ4v) is 2.46. The number of rotatable bonds is 3. The van der Waals surface area contributed by atoms with Crippen LogP contribution in [0.5, 0.6) is 5.75 Å². The fourth-order valence-electron chi connectivity index (χ4n) is 1.89. The zero-order chi connectivity index (χ0) is 16.1. The van der Waals surface area contributed by atoms with Crippen molar-refractivity contribution in [3.05, 3.63) is 58.1 Å². The molecular weight excluding hydrogens is 364 g/mol. The van der Waals surface area contributed by atoms with E-state index in [-0.39, 0.29) is 11.0 Å². The second kappa shape index (κ2) is 7.38. The predicted octanol–water partition coefficient (Wildman–Crippen LogP) is 3.89. The smallest absolute Gasteiger partial charge is 0.261 e. The van der Waals surface area contributed by atoms with E-state index in [0.717, 1.165) is 15.7 Å². The molecule has 0 unspecified atom stereocenters. The Balaban J connectivity index is 2.10. The molecule has 0 saturated heterocycles. The SMILES string of the molecule is COc1ccc(Br)cc1C(=O)NC(=S)Nc1ccccc1C. The third-order valence-corrected chi connectivity index (χ3v) is 3.72. The lowest BCUT2D eigenvalue weighted by Gasteiger charge is -2.13. The Labute approximate surface area is 143 Å². The Bertz CT molecular complexity index is 719. The second-order valence-corrected chi connectivity index (χ2v) is 5.89. The lowest BCUT2D eigenvalue weighted by atomic mass is 10.2. The van der Waals surface area contributed by atoms with E-state index in [1.54, 1.807) is 18.2 Å². The molecule has 0 spiro atoms. The topological polar surface area (TPSA) is 50.4 Å². The number of carbonyl (C=O) groups is 1. The van der Waals surface area contributed by atoms with Crippen molar-refractivity contribution in [1.29, 1.82) is 0 Å². The molecule has 0 aliphatic carbocycles. The van der Waals surface area contributed by atoms with Crippen LogP contribution in [0.1, 0.15) is 15.9 Å². The average molecular weight is 379 g/mol. The summed E-state index contributed by atoms with van der Waals surface area (Å²) in [7, 11) is 1.52. The summed E-state index contributed by atoms with van der Waals surface area (Å²) in [6.07, 6.45) is 0. The van der Waals surface area contributed by atoms with Crippen molar-refractivity contribution in [2.24, 2.45) is 0 Å². The monoisotopic (exact) mass is 378 g/mol. The summed E-state index contributed by atoms with van der Waals surface area (Å²) in [6, 6.07) is 12.9.